The average molecular weight is 186 g/mol. The fourth-order valence-corrected chi connectivity index (χ4v) is 1.33. The van der Waals surface area contributed by atoms with E-state index in [4.69, 9.17) is 0 Å². The van der Waals surface area contributed by atoms with Crippen LogP contribution in [0.5, 0.6) is 0 Å². The summed E-state index contributed by atoms with van der Waals surface area (Å²) in [6.07, 6.45) is 8.30. The lowest BCUT2D eigenvalue weighted by Crippen LogP contribution is -2.29. The molecule has 0 aromatic carbocycles. The standard InChI is InChI=1S/C11H26N2/c1-3-5-6-7-8-9-10-13-11-12-4-2/h12-13H,3-11H2,1-2H3. The molecule has 0 saturated carbocycles. The Morgan fingerprint density at radius 1 is 0.769 bits per heavy atom. The molecule has 80 valence electrons. The van der Waals surface area contributed by atoms with Gasteiger partial charge in [-0.25, -0.2) is 0 Å². The Bertz CT molecular complexity index is 74.2. The van der Waals surface area contributed by atoms with Gasteiger partial charge < -0.3 is 10.6 Å². The van der Waals surface area contributed by atoms with Gasteiger partial charge in [-0.2, -0.15) is 0 Å². The molecule has 0 unspecified atom stereocenters. The normalized spacial score (nSPS) is 10.6. The fourth-order valence-electron chi connectivity index (χ4n) is 1.33. The number of hydrogen-bond donors (Lipinski definition) is 2. The van der Waals surface area contributed by atoms with E-state index in [1.807, 2.05) is 0 Å². The second-order valence-corrected chi connectivity index (χ2v) is 3.55. The third-order valence-electron chi connectivity index (χ3n) is 2.21. The quantitative estimate of drug-likeness (QED) is 0.404. The van der Waals surface area contributed by atoms with Crippen LogP contribution in [0, 0.1) is 0 Å². The zero-order chi connectivity index (χ0) is 9.78. The van der Waals surface area contributed by atoms with Crippen molar-refractivity contribution in [2.75, 3.05) is 19.8 Å². The molecule has 0 aromatic rings. The minimum Gasteiger partial charge on any atom is -0.305 e. The van der Waals surface area contributed by atoms with Crippen LogP contribution in [0.15, 0.2) is 0 Å². The second-order valence-electron chi connectivity index (χ2n) is 3.55. The summed E-state index contributed by atoms with van der Waals surface area (Å²) in [6.45, 7) is 7.58. The second kappa shape index (κ2) is 11.9. The van der Waals surface area contributed by atoms with Crippen molar-refractivity contribution in [3.8, 4) is 0 Å². The van der Waals surface area contributed by atoms with E-state index in [1.54, 1.807) is 0 Å². The van der Waals surface area contributed by atoms with E-state index in [9.17, 15) is 0 Å². The maximum Gasteiger partial charge on any atom is 0.0454 e. The molecule has 0 aromatic heterocycles. The van der Waals surface area contributed by atoms with Gasteiger partial charge in [-0.1, -0.05) is 46.0 Å². The average Bonchev–Trinajstić information content (AvgIpc) is 2.16. The van der Waals surface area contributed by atoms with E-state index in [2.05, 4.69) is 24.5 Å². The molecule has 2 N–H and O–H groups in total. The highest BCUT2D eigenvalue weighted by Gasteiger charge is 1.89. The van der Waals surface area contributed by atoms with Crippen LogP contribution in [-0.2, 0) is 0 Å². The van der Waals surface area contributed by atoms with Gasteiger partial charge in [0.1, 0.15) is 0 Å². The van der Waals surface area contributed by atoms with Crippen LogP contribution < -0.4 is 10.6 Å². The van der Waals surface area contributed by atoms with Crippen LogP contribution in [0.2, 0.25) is 0 Å². The smallest absolute Gasteiger partial charge is 0.0454 e. The number of nitrogens with one attached hydrogen (secondary N) is 2. The van der Waals surface area contributed by atoms with Gasteiger partial charge in [-0.15, -0.1) is 0 Å². The van der Waals surface area contributed by atoms with Gasteiger partial charge in [0.15, 0.2) is 0 Å². The summed E-state index contributed by atoms with van der Waals surface area (Å²) in [4.78, 5) is 0. The predicted octanol–water partition coefficient (Wildman–Crippen LogP) is 2.50. The first-order valence-electron chi connectivity index (χ1n) is 5.83. The molecule has 0 bridgehead atoms. The summed E-state index contributed by atoms with van der Waals surface area (Å²) in [7, 11) is 0. The van der Waals surface area contributed by atoms with Gasteiger partial charge in [0, 0.05) is 6.67 Å². The molecule has 13 heavy (non-hydrogen) atoms. The van der Waals surface area contributed by atoms with E-state index < -0.39 is 0 Å². The molecule has 0 fully saturated rings. The summed E-state index contributed by atoms with van der Waals surface area (Å²) in [5.41, 5.74) is 0. The predicted molar refractivity (Wildman–Crippen MR) is 59.9 cm³/mol. The molecule has 0 rings (SSSR count). The third-order valence-corrected chi connectivity index (χ3v) is 2.21. The Morgan fingerprint density at radius 3 is 2.15 bits per heavy atom. The van der Waals surface area contributed by atoms with E-state index in [1.165, 1.54) is 45.1 Å². The lowest BCUT2D eigenvalue weighted by Gasteiger charge is -2.04. The third kappa shape index (κ3) is 11.9. The molecule has 0 amide bonds. The zero-order valence-electron chi connectivity index (χ0n) is 9.36. The number of rotatable bonds is 10. The monoisotopic (exact) mass is 186 g/mol. The summed E-state index contributed by atoms with van der Waals surface area (Å²) in [6, 6.07) is 0. The minimum atomic E-state index is 0.964. The van der Waals surface area contributed by atoms with E-state index >= 15 is 0 Å². The van der Waals surface area contributed by atoms with Crippen LogP contribution in [0.1, 0.15) is 52.4 Å². The van der Waals surface area contributed by atoms with Crippen LogP contribution in [-0.4, -0.2) is 19.8 Å². The van der Waals surface area contributed by atoms with Crippen LogP contribution in [0.3, 0.4) is 0 Å². The molecule has 2 heteroatoms. The van der Waals surface area contributed by atoms with Crippen molar-refractivity contribution in [1.29, 1.82) is 0 Å². The van der Waals surface area contributed by atoms with Crippen molar-refractivity contribution in [2.45, 2.75) is 52.4 Å². The van der Waals surface area contributed by atoms with Crippen molar-refractivity contribution in [1.82, 2.24) is 10.6 Å². The first-order valence-corrected chi connectivity index (χ1v) is 5.83. The van der Waals surface area contributed by atoms with Crippen LogP contribution in [0.4, 0.5) is 0 Å². The summed E-state index contributed by atoms with van der Waals surface area (Å²) in [5.74, 6) is 0. The number of unbranched alkanes of at least 4 members (excludes halogenated alkanes) is 5. The van der Waals surface area contributed by atoms with Crippen molar-refractivity contribution in [2.24, 2.45) is 0 Å². The molecule has 2 nitrogen and oxygen atoms in total. The highest BCUT2D eigenvalue weighted by atomic mass is 15.0. The maximum absolute atomic E-state index is 3.37. The topological polar surface area (TPSA) is 24.1 Å². The van der Waals surface area contributed by atoms with Gasteiger partial charge in [0.2, 0.25) is 0 Å². The lowest BCUT2D eigenvalue weighted by molar-refractivity contribution is 0.546. The van der Waals surface area contributed by atoms with Gasteiger partial charge in [0.05, 0.1) is 0 Å². The summed E-state index contributed by atoms with van der Waals surface area (Å²) >= 11 is 0. The molecular weight excluding hydrogens is 160 g/mol. The number of hydrogen-bond acceptors (Lipinski definition) is 2. The Kier molecular flexibility index (Phi) is 11.8. The molecule has 0 spiro atoms. The van der Waals surface area contributed by atoms with Crippen molar-refractivity contribution < 1.29 is 0 Å². The minimum absolute atomic E-state index is 0.964. The summed E-state index contributed by atoms with van der Waals surface area (Å²) in [5, 5.41) is 6.61. The van der Waals surface area contributed by atoms with E-state index in [0.29, 0.717) is 0 Å². The van der Waals surface area contributed by atoms with Gasteiger partial charge in [0.25, 0.3) is 0 Å². The first kappa shape index (κ1) is 12.9. The highest BCUT2D eigenvalue weighted by molar-refractivity contribution is 4.48. The lowest BCUT2D eigenvalue weighted by atomic mass is 10.1. The Morgan fingerprint density at radius 2 is 1.46 bits per heavy atom. The zero-order valence-corrected chi connectivity index (χ0v) is 9.36. The largest absolute Gasteiger partial charge is 0.305 e. The highest BCUT2D eigenvalue weighted by Crippen LogP contribution is 2.03. The molecule has 0 aliphatic rings. The molecule has 0 aliphatic heterocycles. The van der Waals surface area contributed by atoms with Crippen LogP contribution in [0.25, 0.3) is 0 Å². The van der Waals surface area contributed by atoms with Gasteiger partial charge in [-0.05, 0) is 19.5 Å². The summed E-state index contributed by atoms with van der Waals surface area (Å²) < 4.78 is 0. The Balaban J connectivity index is 2.76. The SMILES string of the molecule is CCCCCCCCNCNCC. The molecule has 0 saturated heterocycles. The first-order chi connectivity index (χ1) is 6.41. The Hall–Kier alpha value is -0.0800. The van der Waals surface area contributed by atoms with Crippen molar-refractivity contribution in [3.63, 3.8) is 0 Å². The maximum atomic E-state index is 3.37. The molecule has 0 heterocycles. The molecule has 0 aliphatic carbocycles. The van der Waals surface area contributed by atoms with E-state index in [-0.39, 0.29) is 0 Å². The Labute approximate surface area is 83.5 Å². The molecule has 0 atom stereocenters. The van der Waals surface area contributed by atoms with Gasteiger partial charge >= 0.3 is 0 Å². The molecule has 0 radical (unpaired) electrons. The van der Waals surface area contributed by atoms with Gasteiger partial charge in [-0.3, -0.25) is 0 Å². The van der Waals surface area contributed by atoms with E-state index in [0.717, 1.165) is 13.2 Å². The van der Waals surface area contributed by atoms with Crippen LogP contribution >= 0.6 is 0 Å². The van der Waals surface area contributed by atoms with Crippen molar-refractivity contribution >= 4 is 0 Å². The fraction of sp³-hybridized carbons (Fsp3) is 1.00. The molecular formula is C11H26N2. The van der Waals surface area contributed by atoms with Crippen molar-refractivity contribution in [3.05, 3.63) is 0 Å².